The second kappa shape index (κ2) is 6.48. The molecule has 0 spiro atoms. The molecule has 0 unspecified atom stereocenters. The zero-order valence-corrected chi connectivity index (χ0v) is 9.80. The number of carbonyl (C=O) groups excluding carboxylic acids is 2. The first-order valence-electron chi connectivity index (χ1n) is 5.10. The fourth-order valence-corrected chi connectivity index (χ4v) is 1.33. The molecule has 0 bridgehead atoms. The molecule has 4 nitrogen and oxygen atoms in total. The first kappa shape index (κ1) is 13.0. The molecule has 90 valence electrons. The van der Waals surface area contributed by atoms with Gasteiger partial charge in [-0.05, 0) is 29.7 Å². The Morgan fingerprint density at radius 3 is 1.76 bits per heavy atom. The van der Waals surface area contributed by atoms with Gasteiger partial charge in [0.1, 0.15) is 0 Å². The number of hydrogen-bond donors (Lipinski definition) is 0. The van der Waals surface area contributed by atoms with Crippen LogP contribution in [0.1, 0.15) is 6.42 Å². The minimum atomic E-state index is -0.408. The smallest absolute Gasteiger partial charge is 0.330 e. The predicted octanol–water partition coefficient (Wildman–Crippen LogP) is 1.70. The highest BCUT2D eigenvalue weighted by molar-refractivity contribution is 5.84. The minimum absolute atomic E-state index is 0.408. The average molecular weight is 234 g/mol. The van der Waals surface area contributed by atoms with Crippen LogP contribution < -0.4 is 0 Å². The van der Waals surface area contributed by atoms with Gasteiger partial charge in [-0.25, -0.2) is 9.59 Å². The van der Waals surface area contributed by atoms with Gasteiger partial charge in [0.05, 0.1) is 14.2 Å². The standard InChI is InChI=1S/C13H14O4/c1-16-12(14)8-6-10-4-3-5-11(10)7-9-13(15)17-2/h4-9H,3H2,1-2H3/b8-6-,9-7+. The van der Waals surface area contributed by atoms with Crippen LogP contribution in [0.25, 0.3) is 0 Å². The van der Waals surface area contributed by atoms with Crippen molar-refractivity contribution in [2.45, 2.75) is 6.42 Å². The molecule has 0 saturated carbocycles. The lowest BCUT2D eigenvalue weighted by Crippen LogP contribution is -1.95. The fourth-order valence-electron chi connectivity index (χ4n) is 1.33. The zero-order chi connectivity index (χ0) is 12.7. The van der Waals surface area contributed by atoms with Crippen LogP contribution in [0.3, 0.4) is 0 Å². The molecule has 1 rings (SSSR count). The minimum Gasteiger partial charge on any atom is -0.466 e. The lowest BCUT2D eigenvalue weighted by atomic mass is 10.1. The predicted molar refractivity (Wildman–Crippen MR) is 63.1 cm³/mol. The summed E-state index contributed by atoms with van der Waals surface area (Å²) in [5, 5.41) is 0. The number of methoxy groups -OCH3 is 2. The van der Waals surface area contributed by atoms with E-state index in [9.17, 15) is 9.59 Å². The van der Waals surface area contributed by atoms with Crippen LogP contribution in [0.2, 0.25) is 0 Å². The van der Waals surface area contributed by atoms with Crippen LogP contribution in [0.5, 0.6) is 0 Å². The first-order valence-corrected chi connectivity index (χ1v) is 5.10. The zero-order valence-electron chi connectivity index (χ0n) is 9.80. The van der Waals surface area contributed by atoms with Gasteiger partial charge in [-0.3, -0.25) is 0 Å². The van der Waals surface area contributed by atoms with Crippen LogP contribution in [-0.4, -0.2) is 26.2 Å². The topological polar surface area (TPSA) is 52.6 Å². The Balaban J connectivity index is 2.67. The van der Waals surface area contributed by atoms with Crippen LogP contribution >= 0.6 is 0 Å². The first-order chi connectivity index (χ1) is 8.17. The highest BCUT2D eigenvalue weighted by atomic mass is 16.5. The Hall–Kier alpha value is -2.10. The van der Waals surface area contributed by atoms with E-state index in [1.54, 1.807) is 12.2 Å². The van der Waals surface area contributed by atoms with E-state index in [4.69, 9.17) is 0 Å². The number of hydrogen-bond acceptors (Lipinski definition) is 4. The third-order valence-electron chi connectivity index (χ3n) is 2.21. The number of carbonyl (C=O) groups is 2. The molecule has 0 aromatic carbocycles. The van der Waals surface area contributed by atoms with Crippen LogP contribution in [-0.2, 0) is 19.1 Å². The van der Waals surface area contributed by atoms with Gasteiger partial charge in [-0.1, -0.05) is 12.2 Å². The quantitative estimate of drug-likeness (QED) is 0.548. The Bertz CT molecular complexity index is 385. The molecule has 4 heteroatoms. The van der Waals surface area contributed by atoms with Gasteiger partial charge in [0.25, 0.3) is 0 Å². The summed E-state index contributed by atoms with van der Waals surface area (Å²) in [6.45, 7) is 0. The number of allylic oxidation sites excluding steroid dienone is 6. The van der Waals surface area contributed by atoms with Gasteiger partial charge in [0, 0.05) is 12.2 Å². The highest BCUT2D eigenvalue weighted by Gasteiger charge is 2.05. The largest absolute Gasteiger partial charge is 0.466 e. The number of esters is 2. The van der Waals surface area contributed by atoms with E-state index in [1.165, 1.54) is 26.4 Å². The van der Waals surface area contributed by atoms with Crippen molar-refractivity contribution in [3.8, 4) is 0 Å². The molecule has 0 aromatic heterocycles. The lowest BCUT2D eigenvalue weighted by Gasteiger charge is -1.97. The van der Waals surface area contributed by atoms with E-state index in [0.29, 0.717) is 0 Å². The molecule has 0 fully saturated rings. The summed E-state index contributed by atoms with van der Waals surface area (Å²) < 4.78 is 8.99. The van der Waals surface area contributed by atoms with Crippen molar-refractivity contribution in [1.29, 1.82) is 0 Å². The van der Waals surface area contributed by atoms with E-state index in [0.717, 1.165) is 17.6 Å². The maximum Gasteiger partial charge on any atom is 0.330 e. The maximum absolute atomic E-state index is 10.9. The molecule has 0 heterocycles. The van der Waals surface area contributed by atoms with Crippen molar-refractivity contribution in [2.75, 3.05) is 14.2 Å². The van der Waals surface area contributed by atoms with Gasteiger partial charge in [-0.15, -0.1) is 0 Å². The van der Waals surface area contributed by atoms with Gasteiger partial charge >= 0.3 is 11.9 Å². The van der Waals surface area contributed by atoms with Gasteiger partial charge in [0.15, 0.2) is 0 Å². The Labute approximate surface area is 99.9 Å². The Kier molecular flexibility index (Phi) is 4.94. The molecule has 0 atom stereocenters. The molecule has 1 aliphatic carbocycles. The molecular formula is C13H14O4. The Morgan fingerprint density at radius 1 is 1.00 bits per heavy atom. The number of rotatable bonds is 4. The molecule has 0 amide bonds. The fraction of sp³-hybridized carbons (Fsp3) is 0.231. The third-order valence-corrected chi connectivity index (χ3v) is 2.21. The average Bonchev–Trinajstić information content (AvgIpc) is 2.80. The van der Waals surface area contributed by atoms with Gasteiger partial charge in [0.2, 0.25) is 0 Å². The molecule has 0 saturated heterocycles. The molecule has 0 radical (unpaired) electrons. The van der Waals surface area contributed by atoms with Crippen molar-refractivity contribution < 1.29 is 19.1 Å². The summed E-state index contributed by atoms with van der Waals surface area (Å²) in [6.07, 6.45) is 10.7. The molecule has 0 N–H and O–H groups in total. The van der Waals surface area contributed by atoms with E-state index in [1.807, 2.05) is 12.2 Å². The van der Waals surface area contributed by atoms with Gasteiger partial charge < -0.3 is 9.47 Å². The normalized spacial score (nSPS) is 14.9. The SMILES string of the molecule is COC(=O)/C=C\C1=CCC=C1/C=C/C(=O)OC. The molecule has 0 aromatic rings. The second-order valence-corrected chi connectivity index (χ2v) is 3.27. The van der Waals surface area contributed by atoms with E-state index >= 15 is 0 Å². The monoisotopic (exact) mass is 234 g/mol. The highest BCUT2D eigenvalue weighted by Crippen LogP contribution is 2.21. The third kappa shape index (κ3) is 4.10. The van der Waals surface area contributed by atoms with Crippen molar-refractivity contribution in [2.24, 2.45) is 0 Å². The van der Waals surface area contributed by atoms with Crippen molar-refractivity contribution >= 4 is 11.9 Å². The summed E-state index contributed by atoms with van der Waals surface area (Å²) in [4.78, 5) is 21.9. The van der Waals surface area contributed by atoms with E-state index in [2.05, 4.69) is 9.47 Å². The second-order valence-electron chi connectivity index (χ2n) is 3.27. The maximum atomic E-state index is 10.9. The summed E-state index contributed by atoms with van der Waals surface area (Å²) >= 11 is 0. The molecule has 17 heavy (non-hydrogen) atoms. The van der Waals surface area contributed by atoms with Crippen molar-refractivity contribution in [3.05, 3.63) is 47.6 Å². The lowest BCUT2D eigenvalue weighted by molar-refractivity contribution is -0.135. The van der Waals surface area contributed by atoms with Crippen molar-refractivity contribution in [1.82, 2.24) is 0 Å². The Morgan fingerprint density at radius 2 is 1.41 bits per heavy atom. The van der Waals surface area contributed by atoms with E-state index < -0.39 is 11.9 Å². The number of ether oxygens (including phenoxy) is 2. The molecule has 1 aliphatic rings. The summed E-state index contributed by atoms with van der Waals surface area (Å²) in [6, 6.07) is 0. The molecular weight excluding hydrogens is 220 g/mol. The molecule has 0 aliphatic heterocycles. The van der Waals surface area contributed by atoms with Crippen LogP contribution in [0.15, 0.2) is 47.6 Å². The summed E-state index contributed by atoms with van der Waals surface area (Å²) in [7, 11) is 2.65. The van der Waals surface area contributed by atoms with Crippen LogP contribution in [0.4, 0.5) is 0 Å². The summed E-state index contributed by atoms with van der Waals surface area (Å²) in [5.41, 5.74) is 1.77. The van der Waals surface area contributed by atoms with E-state index in [-0.39, 0.29) is 0 Å². The summed E-state index contributed by atoms with van der Waals surface area (Å²) in [5.74, 6) is -0.816. The van der Waals surface area contributed by atoms with Crippen LogP contribution in [0, 0.1) is 0 Å². The van der Waals surface area contributed by atoms with Crippen molar-refractivity contribution in [3.63, 3.8) is 0 Å². The van der Waals surface area contributed by atoms with Gasteiger partial charge in [-0.2, -0.15) is 0 Å².